The minimum Gasteiger partial charge on any atom is -0.299 e. The molecule has 0 saturated carbocycles. The average molecular weight is 474 g/mol. The van der Waals surface area contributed by atoms with Crippen molar-refractivity contribution in [3.8, 4) is 0 Å². The number of hydrogen-bond donors (Lipinski definition) is 1. The number of aromatic nitrogens is 2. The summed E-state index contributed by atoms with van der Waals surface area (Å²) in [6, 6.07) is 2.79. The van der Waals surface area contributed by atoms with Gasteiger partial charge in [0.25, 0.3) is 5.69 Å². The van der Waals surface area contributed by atoms with Crippen LogP contribution in [0, 0.1) is 17.0 Å². The number of sulfonamides is 1. The van der Waals surface area contributed by atoms with Gasteiger partial charge >= 0.3 is 0 Å². The number of carbonyl (C=O) groups excluding carboxylic acids is 1. The molecule has 1 aromatic carbocycles. The van der Waals surface area contributed by atoms with Crippen LogP contribution in [0.3, 0.4) is 0 Å². The summed E-state index contributed by atoms with van der Waals surface area (Å²) in [6.45, 7) is 5.33. The van der Waals surface area contributed by atoms with E-state index in [9.17, 15) is 23.3 Å². The second kappa shape index (κ2) is 10.2. The van der Waals surface area contributed by atoms with Crippen molar-refractivity contribution < 1.29 is 18.1 Å². The Hall–Kier alpha value is -2.25. The van der Waals surface area contributed by atoms with Crippen LogP contribution in [-0.2, 0) is 14.8 Å². The fourth-order valence-electron chi connectivity index (χ4n) is 2.68. The number of rotatable bonds is 10. The van der Waals surface area contributed by atoms with Gasteiger partial charge in [0.15, 0.2) is 4.34 Å². The number of non-ortho nitro benzene ring substituents is 1. The van der Waals surface area contributed by atoms with E-state index in [2.05, 4.69) is 15.5 Å². The Morgan fingerprint density at radius 3 is 2.63 bits per heavy atom. The van der Waals surface area contributed by atoms with E-state index in [4.69, 9.17) is 0 Å². The zero-order valence-corrected chi connectivity index (χ0v) is 19.4. The molecule has 0 radical (unpaired) electrons. The number of anilines is 2. The van der Waals surface area contributed by atoms with E-state index in [1.165, 1.54) is 35.2 Å². The van der Waals surface area contributed by atoms with Crippen molar-refractivity contribution in [3.63, 3.8) is 0 Å². The average Bonchev–Trinajstić information content (AvgIpc) is 3.11. The number of aryl methyl sites for hydroxylation is 1. The standard InChI is InChI=1S/C17H23N5O5S3/c1-5-9-28-17-20-19-16(29-17)18-15(23)13(6-2)21(30(4,26)27)14-10-12(22(24)25)8-7-11(14)3/h7-8,10,13H,5-6,9H2,1-4H3,(H,18,19,23)/t13-/m1/s1. The van der Waals surface area contributed by atoms with Gasteiger partial charge in [-0.05, 0) is 25.3 Å². The third-order valence-electron chi connectivity index (χ3n) is 4.04. The maximum absolute atomic E-state index is 12.9. The number of nitro benzene ring substituents is 1. The Labute approximate surface area is 183 Å². The fourth-order valence-corrected chi connectivity index (χ4v) is 5.62. The summed E-state index contributed by atoms with van der Waals surface area (Å²) in [5, 5.41) is 22.0. The van der Waals surface area contributed by atoms with E-state index >= 15 is 0 Å². The molecule has 0 aliphatic heterocycles. The quantitative estimate of drug-likeness (QED) is 0.240. The van der Waals surface area contributed by atoms with Crippen molar-refractivity contribution in [3.05, 3.63) is 33.9 Å². The van der Waals surface area contributed by atoms with Crippen LogP contribution in [0.15, 0.2) is 22.5 Å². The predicted molar refractivity (Wildman–Crippen MR) is 119 cm³/mol. The van der Waals surface area contributed by atoms with Crippen LogP contribution >= 0.6 is 23.1 Å². The Morgan fingerprint density at radius 1 is 1.37 bits per heavy atom. The predicted octanol–water partition coefficient (Wildman–Crippen LogP) is 3.44. The molecule has 1 amide bonds. The van der Waals surface area contributed by atoms with Crippen molar-refractivity contribution >= 4 is 55.5 Å². The monoisotopic (exact) mass is 473 g/mol. The topological polar surface area (TPSA) is 135 Å². The summed E-state index contributed by atoms with van der Waals surface area (Å²) in [5.41, 5.74) is 0.317. The van der Waals surface area contributed by atoms with Gasteiger partial charge in [0, 0.05) is 17.9 Å². The van der Waals surface area contributed by atoms with Crippen molar-refractivity contribution in [2.24, 2.45) is 0 Å². The molecule has 0 spiro atoms. The zero-order valence-electron chi connectivity index (χ0n) is 17.0. The summed E-state index contributed by atoms with van der Waals surface area (Å²) in [6.07, 6.45) is 2.08. The summed E-state index contributed by atoms with van der Waals surface area (Å²) in [4.78, 5) is 23.5. The first kappa shape index (κ1) is 24.0. The van der Waals surface area contributed by atoms with Crippen molar-refractivity contribution in [1.82, 2.24) is 10.2 Å². The Bertz CT molecular complexity index is 1020. The largest absolute Gasteiger partial charge is 0.299 e. The molecule has 1 aromatic heterocycles. The summed E-state index contributed by atoms with van der Waals surface area (Å²) in [7, 11) is -3.93. The highest BCUT2D eigenvalue weighted by Crippen LogP contribution is 2.31. The third kappa shape index (κ3) is 5.89. The number of hydrogen-bond acceptors (Lipinski definition) is 9. The summed E-state index contributed by atoms with van der Waals surface area (Å²) in [5.74, 6) is 0.283. The third-order valence-corrected chi connectivity index (χ3v) is 7.38. The maximum Gasteiger partial charge on any atom is 0.271 e. The molecule has 10 nitrogen and oxygen atoms in total. The zero-order chi connectivity index (χ0) is 22.5. The number of benzene rings is 1. The van der Waals surface area contributed by atoms with Gasteiger partial charge in [-0.25, -0.2) is 8.42 Å². The molecule has 13 heteroatoms. The van der Waals surface area contributed by atoms with Crippen molar-refractivity contribution in [2.45, 2.75) is 44.0 Å². The minimum atomic E-state index is -3.93. The Morgan fingerprint density at radius 2 is 2.07 bits per heavy atom. The molecule has 1 heterocycles. The molecule has 0 aliphatic carbocycles. The smallest absolute Gasteiger partial charge is 0.271 e. The summed E-state index contributed by atoms with van der Waals surface area (Å²) < 4.78 is 26.8. The second-order valence-electron chi connectivity index (χ2n) is 6.42. The lowest BCUT2D eigenvalue weighted by Gasteiger charge is -2.30. The van der Waals surface area contributed by atoms with Crippen LogP contribution in [-0.4, -0.2) is 47.5 Å². The van der Waals surface area contributed by atoms with E-state index < -0.39 is 26.9 Å². The Kier molecular flexibility index (Phi) is 8.15. The number of nitrogens with one attached hydrogen (secondary N) is 1. The highest BCUT2D eigenvalue weighted by atomic mass is 32.2. The molecule has 2 rings (SSSR count). The lowest BCUT2D eigenvalue weighted by atomic mass is 10.1. The first-order valence-corrected chi connectivity index (χ1v) is 12.7. The van der Waals surface area contributed by atoms with Crippen LogP contribution < -0.4 is 9.62 Å². The Balaban J connectivity index is 2.38. The molecule has 0 saturated heterocycles. The highest BCUT2D eigenvalue weighted by Gasteiger charge is 2.33. The second-order valence-corrected chi connectivity index (χ2v) is 10.6. The van der Waals surface area contributed by atoms with Gasteiger partial charge in [0.1, 0.15) is 6.04 Å². The van der Waals surface area contributed by atoms with Crippen LogP contribution in [0.25, 0.3) is 0 Å². The van der Waals surface area contributed by atoms with Gasteiger partial charge in [-0.15, -0.1) is 10.2 Å². The van der Waals surface area contributed by atoms with Crippen LogP contribution in [0.5, 0.6) is 0 Å². The molecule has 0 unspecified atom stereocenters. The molecule has 1 N–H and O–H groups in total. The number of carbonyl (C=O) groups is 1. The van der Waals surface area contributed by atoms with Crippen molar-refractivity contribution in [2.75, 3.05) is 21.6 Å². The number of nitrogens with zero attached hydrogens (tertiary/aromatic N) is 4. The summed E-state index contributed by atoms with van der Waals surface area (Å²) >= 11 is 2.72. The molecule has 2 aromatic rings. The van der Waals surface area contributed by atoms with Crippen molar-refractivity contribution in [1.29, 1.82) is 0 Å². The molecule has 0 aliphatic rings. The van der Waals surface area contributed by atoms with Crippen LogP contribution in [0.4, 0.5) is 16.5 Å². The van der Waals surface area contributed by atoms with Gasteiger partial charge in [0.05, 0.1) is 16.9 Å². The van der Waals surface area contributed by atoms with E-state index in [-0.39, 0.29) is 22.9 Å². The lowest BCUT2D eigenvalue weighted by Crippen LogP contribution is -2.47. The van der Waals surface area contributed by atoms with E-state index in [1.54, 1.807) is 13.8 Å². The number of thioether (sulfide) groups is 1. The van der Waals surface area contributed by atoms with Crippen LogP contribution in [0.2, 0.25) is 0 Å². The van der Waals surface area contributed by atoms with Gasteiger partial charge in [-0.2, -0.15) is 0 Å². The SMILES string of the molecule is CCCSc1nnc(NC(=O)[C@@H](CC)N(c2cc([N+](=O)[O-])ccc2C)S(C)(=O)=O)s1. The lowest BCUT2D eigenvalue weighted by molar-refractivity contribution is -0.384. The van der Waals surface area contributed by atoms with E-state index in [0.717, 1.165) is 28.8 Å². The van der Waals surface area contributed by atoms with Gasteiger partial charge in [-0.3, -0.25) is 24.5 Å². The van der Waals surface area contributed by atoms with Gasteiger partial charge < -0.3 is 0 Å². The first-order valence-electron chi connectivity index (χ1n) is 9.10. The fraction of sp³-hybridized carbons (Fsp3) is 0.471. The normalized spacial score (nSPS) is 12.4. The first-order chi connectivity index (χ1) is 14.1. The number of amides is 1. The molecule has 0 fully saturated rings. The van der Waals surface area contributed by atoms with E-state index in [0.29, 0.717) is 9.90 Å². The minimum absolute atomic E-state index is 0.0881. The molecular formula is C17H23N5O5S3. The molecule has 164 valence electrons. The van der Waals surface area contributed by atoms with E-state index in [1.807, 2.05) is 6.92 Å². The van der Waals surface area contributed by atoms with Crippen LogP contribution in [0.1, 0.15) is 32.3 Å². The highest BCUT2D eigenvalue weighted by molar-refractivity contribution is 8.01. The molecule has 0 bridgehead atoms. The number of nitro groups is 1. The van der Waals surface area contributed by atoms with Gasteiger partial charge in [0.2, 0.25) is 21.1 Å². The molecule has 30 heavy (non-hydrogen) atoms. The molecular weight excluding hydrogens is 450 g/mol. The molecule has 1 atom stereocenters. The van der Waals surface area contributed by atoms with Gasteiger partial charge in [-0.1, -0.05) is 43.0 Å². The maximum atomic E-state index is 12.9.